The van der Waals surface area contributed by atoms with E-state index in [9.17, 15) is 10.2 Å². The van der Waals surface area contributed by atoms with Crippen LogP contribution in [0.5, 0.6) is 0 Å². The molecule has 0 saturated carbocycles. The maximum absolute atomic E-state index is 10.4. The number of aliphatic hydroxyl groups is 2. The van der Waals surface area contributed by atoms with Crippen LogP contribution in [0.25, 0.3) is 0 Å². The fraction of sp³-hybridized carbons (Fsp3) is 0.700. The molecule has 0 aromatic heterocycles. The largest absolute Gasteiger partial charge is 0.389 e. The molecule has 2 heteroatoms. The van der Waals surface area contributed by atoms with E-state index in [1.165, 1.54) is 0 Å². The molecule has 4 rings (SSSR count). The van der Waals surface area contributed by atoms with Gasteiger partial charge in [0.1, 0.15) is 0 Å². The second-order valence-electron chi connectivity index (χ2n) is 8.53. The van der Waals surface area contributed by atoms with Crippen LogP contribution in [-0.4, -0.2) is 22.4 Å². The van der Waals surface area contributed by atoms with Gasteiger partial charge in [-0.05, 0) is 37.5 Å². The summed E-state index contributed by atoms with van der Waals surface area (Å²) in [7, 11) is 0. The molecule has 0 aromatic carbocycles. The maximum Gasteiger partial charge on any atom is 0.0783 e. The zero-order chi connectivity index (χ0) is 15.7. The first-order chi connectivity index (χ1) is 10.4. The molecule has 0 radical (unpaired) electrons. The van der Waals surface area contributed by atoms with E-state index in [1.54, 1.807) is 11.1 Å². The van der Waals surface area contributed by atoms with E-state index < -0.39 is 0 Å². The third-order valence-electron chi connectivity index (χ3n) is 7.33. The van der Waals surface area contributed by atoms with Crippen LogP contribution in [0.4, 0.5) is 0 Å². The second kappa shape index (κ2) is 4.58. The van der Waals surface area contributed by atoms with Crippen LogP contribution in [0.1, 0.15) is 46.5 Å². The van der Waals surface area contributed by atoms with Crippen LogP contribution in [0.3, 0.4) is 0 Å². The topological polar surface area (TPSA) is 40.5 Å². The zero-order valence-electron chi connectivity index (χ0n) is 13.9. The molecule has 0 spiro atoms. The van der Waals surface area contributed by atoms with E-state index in [4.69, 9.17) is 0 Å². The number of allylic oxidation sites excluding steroid dienone is 4. The van der Waals surface area contributed by atoms with Crippen molar-refractivity contribution in [2.45, 2.75) is 58.7 Å². The van der Waals surface area contributed by atoms with E-state index >= 15 is 0 Å². The highest BCUT2D eigenvalue weighted by Crippen LogP contribution is 2.62. The lowest BCUT2D eigenvalue weighted by atomic mass is 9.51. The Labute approximate surface area is 133 Å². The Kier molecular flexibility index (Phi) is 3.06. The number of hydrogen-bond acceptors (Lipinski definition) is 2. The van der Waals surface area contributed by atoms with Crippen LogP contribution >= 0.6 is 0 Å². The van der Waals surface area contributed by atoms with E-state index in [1.807, 2.05) is 12.2 Å². The lowest BCUT2D eigenvalue weighted by Gasteiger charge is -2.54. The highest BCUT2D eigenvalue weighted by molar-refractivity contribution is 5.42. The number of fused-ring (bicyclic) bond motifs is 4. The molecule has 0 amide bonds. The Morgan fingerprint density at radius 2 is 1.86 bits per heavy atom. The van der Waals surface area contributed by atoms with Crippen molar-refractivity contribution in [3.63, 3.8) is 0 Å². The van der Waals surface area contributed by atoms with Gasteiger partial charge in [0, 0.05) is 16.7 Å². The molecule has 0 heterocycles. The van der Waals surface area contributed by atoms with Crippen molar-refractivity contribution in [2.24, 2.45) is 28.6 Å². The fourth-order valence-corrected chi connectivity index (χ4v) is 5.82. The van der Waals surface area contributed by atoms with Gasteiger partial charge in [0.15, 0.2) is 0 Å². The summed E-state index contributed by atoms with van der Waals surface area (Å²) in [6, 6.07) is 0. The summed E-state index contributed by atoms with van der Waals surface area (Å²) in [4.78, 5) is 0. The summed E-state index contributed by atoms with van der Waals surface area (Å²) >= 11 is 0. The SMILES string of the molecule is C[C@H]1C[C@@H]2C[C@@H](O)C=C[C@]2(C)C2=C1[C@@H]1C=C[C@H](O)[C@@]1(C)CC2. The molecule has 4 aliphatic carbocycles. The molecule has 0 saturated heterocycles. The molecular formula is C20H28O2. The zero-order valence-corrected chi connectivity index (χ0v) is 13.9. The van der Waals surface area contributed by atoms with Crippen molar-refractivity contribution in [1.82, 2.24) is 0 Å². The Balaban J connectivity index is 1.84. The van der Waals surface area contributed by atoms with Gasteiger partial charge in [0.2, 0.25) is 0 Å². The van der Waals surface area contributed by atoms with E-state index in [-0.39, 0.29) is 23.0 Å². The minimum absolute atomic E-state index is 0.00577. The van der Waals surface area contributed by atoms with Crippen LogP contribution < -0.4 is 0 Å². The third-order valence-corrected chi connectivity index (χ3v) is 7.33. The Morgan fingerprint density at radius 1 is 1.09 bits per heavy atom. The van der Waals surface area contributed by atoms with Gasteiger partial charge in [0.05, 0.1) is 12.2 Å². The first kappa shape index (κ1) is 14.7. The lowest BCUT2D eigenvalue weighted by Crippen LogP contribution is -2.46. The average molecular weight is 300 g/mol. The summed E-state index contributed by atoms with van der Waals surface area (Å²) in [6.45, 7) is 6.98. The van der Waals surface area contributed by atoms with Crippen molar-refractivity contribution < 1.29 is 10.2 Å². The standard InChI is InChI=1S/C20H28O2/c1-12-10-13-11-14(21)6-8-19(13,2)16-7-9-20(3)15(18(12)16)4-5-17(20)22/h4-6,8,12-15,17,21-22H,7,9-11H2,1-3H3/t12-,13+,14-,15-,17-,19-,20-/m0/s1. The normalized spacial score (nSPS) is 53.2. The quantitative estimate of drug-likeness (QED) is 0.671. The summed E-state index contributed by atoms with van der Waals surface area (Å²) in [5.74, 6) is 1.52. The average Bonchev–Trinajstić information content (AvgIpc) is 2.77. The van der Waals surface area contributed by atoms with Crippen molar-refractivity contribution in [3.05, 3.63) is 35.5 Å². The molecular weight excluding hydrogens is 272 g/mol. The molecule has 7 atom stereocenters. The lowest BCUT2D eigenvalue weighted by molar-refractivity contribution is 0.0356. The molecule has 120 valence electrons. The number of rotatable bonds is 0. The molecule has 0 fully saturated rings. The smallest absolute Gasteiger partial charge is 0.0783 e. The van der Waals surface area contributed by atoms with E-state index in [0.717, 1.165) is 25.7 Å². The second-order valence-corrected chi connectivity index (χ2v) is 8.53. The van der Waals surface area contributed by atoms with Crippen molar-refractivity contribution in [3.8, 4) is 0 Å². The predicted molar refractivity (Wildman–Crippen MR) is 88.1 cm³/mol. The first-order valence-electron chi connectivity index (χ1n) is 8.83. The summed E-state index contributed by atoms with van der Waals surface area (Å²) < 4.78 is 0. The highest BCUT2D eigenvalue weighted by atomic mass is 16.3. The minimum atomic E-state index is -0.298. The highest BCUT2D eigenvalue weighted by Gasteiger charge is 2.54. The van der Waals surface area contributed by atoms with Crippen molar-refractivity contribution in [1.29, 1.82) is 0 Å². The van der Waals surface area contributed by atoms with Gasteiger partial charge >= 0.3 is 0 Å². The van der Waals surface area contributed by atoms with Crippen LogP contribution in [0.2, 0.25) is 0 Å². The molecule has 22 heavy (non-hydrogen) atoms. The Bertz CT molecular complexity index is 587. The van der Waals surface area contributed by atoms with Gasteiger partial charge in [0.25, 0.3) is 0 Å². The van der Waals surface area contributed by atoms with Crippen LogP contribution in [0.15, 0.2) is 35.5 Å². The van der Waals surface area contributed by atoms with Gasteiger partial charge in [-0.25, -0.2) is 0 Å². The van der Waals surface area contributed by atoms with Crippen LogP contribution in [-0.2, 0) is 0 Å². The molecule has 0 aliphatic heterocycles. The predicted octanol–water partition coefficient (Wildman–Crippen LogP) is 3.61. The molecule has 2 nitrogen and oxygen atoms in total. The molecule has 0 bridgehead atoms. The first-order valence-corrected chi connectivity index (χ1v) is 8.83. The van der Waals surface area contributed by atoms with E-state index in [2.05, 4.69) is 32.9 Å². The molecule has 0 aromatic rings. The maximum atomic E-state index is 10.4. The molecule has 4 aliphatic rings. The summed E-state index contributed by atoms with van der Waals surface area (Å²) in [6.07, 6.45) is 12.2. The summed E-state index contributed by atoms with van der Waals surface area (Å²) in [5.41, 5.74) is 3.32. The van der Waals surface area contributed by atoms with Gasteiger partial charge in [-0.1, -0.05) is 56.2 Å². The van der Waals surface area contributed by atoms with Crippen molar-refractivity contribution >= 4 is 0 Å². The van der Waals surface area contributed by atoms with Gasteiger partial charge in [-0.3, -0.25) is 0 Å². The van der Waals surface area contributed by atoms with Crippen LogP contribution in [0, 0.1) is 28.6 Å². The monoisotopic (exact) mass is 300 g/mol. The third kappa shape index (κ3) is 1.74. The number of hydrogen-bond donors (Lipinski definition) is 2. The van der Waals surface area contributed by atoms with Crippen molar-refractivity contribution in [2.75, 3.05) is 0 Å². The minimum Gasteiger partial charge on any atom is -0.389 e. The van der Waals surface area contributed by atoms with Gasteiger partial charge < -0.3 is 10.2 Å². The molecule has 0 unspecified atom stereocenters. The van der Waals surface area contributed by atoms with Gasteiger partial charge in [-0.15, -0.1) is 0 Å². The summed E-state index contributed by atoms with van der Waals surface area (Å²) in [5, 5.41) is 20.5. The fourth-order valence-electron chi connectivity index (χ4n) is 5.82. The van der Waals surface area contributed by atoms with E-state index in [0.29, 0.717) is 17.8 Å². The molecule has 2 N–H and O–H groups in total. The Morgan fingerprint density at radius 3 is 2.64 bits per heavy atom. The number of aliphatic hydroxyl groups excluding tert-OH is 2. The van der Waals surface area contributed by atoms with Gasteiger partial charge in [-0.2, -0.15) is 0 Å². The Hall–Kier alpha value is -0.860.